The number of methoxy groups -OCH3 is 3. The van der Waals surface area contributed by atoms with E-state index in [-0.39, 0.29) is 30.0 Å². The Hall–Kier alpha value is -3.79. The maximum Gasteiger partial charge on any atom is 0.320 e. The van der Waals surface area contributed by atoms with Gasteiger partial charge in [-0.15, -0.1) is 0 Å². The van der Waals surface area contributed by atoms with E-state index in [1.165, 1.54) is 31.6 Å². The number of carbonyl (C=O) groups is 1. The SMILES string of the molecule is COc1ccc2nc(N(Cc3cccnc3)C(=O)c3cc(OC)nc(OC)n3)sc2c1. The van der Waals surface area contributed by atoms with Crippen LogP contribution in [-0.4, -0.2) is 47.2 Å². The molecule has 0 aliphatic rings. The highest BCUT2D eigenvalue weighted by Crippen LogP contribution is 2.33. The number of carbonyl (C=O) groups excluding carboxylic acids is 1. The number of hydrogen-bond acceptors (Lipinski definition) is 9. The Kier molecular flexibility index (Phi) is 5.89. The Labute approximate surface area is 182 Å². The number of amides is 1. The lowest BCUT2D eigenvalue weighted by atomic mass is 10.2. The molecule has 1 amide bonds. The van der Waals surface area contributed by atoms with Crippen LogP contribution in [0.15, 0.2) is 48.8 Å². The zero-order chi connectivity index (χ0) is 21.8. The standard InChI is InChI=1S/C21H19N5O4S/c1-28-14-6-7-15-17(9-14)31-21(24-15)26(12-13-5-4-8-22-11-13)19(27)16-10-18(29-2)25-20(23-16)30-3/h4-11H,12H2,1-3H3. The summed E-state index contributed by atoms with van der Waals surface area (Å²) in [5, 5.41) is 0.522. The molecule has 0 aliphatic carbocycles. The second kappa shape index (κ2) is 8.92. The van der Waals surface area contributed by atoms with Crippen LogP contribution in [0.25, 0.3) is 10.2 Å². The lowest BCUT2D eigenvalue weighted by Gasteiger charge is -2.19. The monoisotopic (exact) mass is 437 g/mol. The molecule has 0 atom stereocenters. The van der Waals surface area contributed by atoms with E-state index in [1.807, 2.05) is 30.3 Å². The number of aromatic nitrogens is 4. The van der Waals surface area contributed by atoms with Crippen LogP contribution in [-0.2, 0) is 6.54 Å². The van der Waals surface area contributed by atoms with Crippen molar-refractivity contribution in [1.82, 2.24) is 19.9 Å². The molecule has 0 fully saturated rings. The molecular weight excluding hydrogens is 418 g/mol. The van der Waals surface area contributed by atoms with Crippen LogP contribution in [0, 0.1) is 0 Å². The minimum Gasteiger partial charge on any atom is -0.497 e. The maximum atomic E-state index is 13.5. The first kappa shape index (κ1) is 20.5. The smallest absolute Gasteiger partial charge is 0.320 e. The van der Waals surface area contributed by atoms with Crippen LogP contribution in [0.1, 0.15) is 16.1 Å². The Morgan fingerprint density at radius 1 is 1.03 bits per heavy atom. The van der Waals surface area contributed by atoms with E-state index in [0.29, 0.717) is 5.13 Å². The highest BCUT2D eigenvalue weighted by atomic mass is 32.1. The predicted octanol–water partition coefficient (Wildman–Crippen LogP) is 3.35. The second-order valence-electron chi connectivity index (χ2n) is 6.36. The van der Waals surface area contributed by atoms with E-state index in [0.717, 1.165) is 21.5 Å². The molecular formula is C21H19N5O4S. The summed E-state index contributed by atoms with van der Waals surface area (Å²) in [6.07, 6.45) is 3.39. The fourth-order valence-corrected chi connectivity index (χ4v) is 3.87. The normalized spacial score (nSPS) is 10.7. The van der Waals surface area contributed by atoms with Gasteiger partial charge in [-0.25, -0.2) is 4.98 Å². The first-order chi connectivity index (χ1) is 15.1. The van der Waals surface area contributed by atoms with Gasteiger partial charge < -0.3 is 14.2 Å². The molecule has 0 saturated heterocycles. The fourth-order valence-electron chi connectivity index (χ4n) is 2.88. The number of anilines is 1. The fraction of sp³-hybridized carbons (Fsp3) is 0.190. The Morgan fingerprint density at radius 3 is 2.61 bits per heavy atom. The number of nitrogens with zero attached hydrogens (tertiary/aromatic N) is 5. The molecule has 4 aromatic rings. The molecule has 10 heteroatoms. The van der Waals surface area contributed by atoms with Crippen molar-refractivity contribution in [1.29, 1.82) is 0 Å². The topological polar surface area (TPSA) is 99.6 Å². The summed E-state index contributed by atoms with van der Waals surface area (Å²) in [4.78, 5) is 32.2. The average Bonchev–Trinajstić information content (AvgIpc) is 3.25. The molecule has 3 aromatic heterocycles. The van der Waals surface area contributed by atoms with Crippen LogP contribution in [0.2, 0.25) is 0 Å². The molecule has 0 N–H and O–H groups in total. The van der Waals surface area contributed by atoms with Crippen molar-refractivity contribution >= 4 is 32.6 Å². The summed E-state index contributed by atoms with van der Waals surface area (Å²) in [6, 6.07) is 10.8. The van der Waals surface area contributed by atoms with Crippen molar-refractivity contribution in [3.8, 4) is 17.6 Å². The van der Waals surface area contributed by atoms with Gasteiger partial charge in [-0.2, -0.15) is 9.97 Å². The number of fused-ring (bicyclic) bond motifs is 1. The van der Waals surface area contributed by atoms with E-state index in [9.17, 15) is 4.79 Å². The molecule has 0 radical (unpaired) electrons. The summed E-state index contributed by atoms with van der Waals surface area (Å²) in [5.41, 5.74) is 1.74. The molecule has 0 bridgehead atoms. The molecule has 1 aromatic carbocycles. The van der Waals surface area contributed by atoms with E-state index >= 15 is 0 Å². The van der Waals surface area contributed by atoms with Crippen molar-refractivity contribution in [3.63, 3.8) is 0 Å². The zero-order valence-corrected chi connectivity index (χ0v) is 17.9. The van der Waals surface area contributed by atoms with Gasteiger partial charge in [0.05, 0.1) is 38.1 Å². The number of hydrogen-bond donors (Lipinski definition) is 0. The van der Waals surface area contributed by atoms with Crippen LogP contribution < -0.4 is 19.1 Å². The Morgan fingerprint density at radius 2 is 1.90 bits per heavy atom. The van der Waals surface area contributed by atoms with Crippen LogP contribution in [0.3, 0.4) is 0 Å². The third-order valence-electron chi connectivity index (χ3n) is 4.42. The first-order valence-electron chi connectivity index (χ1n) is 9.23. The predicted molar refractivity (Wildman–Crippen MR) is 116 cm³/mol. The highest BCUT2D eigenvalue weighted by molar-refractivity contribution is 7.22. The lowest BCUT2D eigenvalue weighted by Crippen LogP contribution is -2.31. The number of rotatable bonds is 7. The first-order valence-corrected chi connectivity index (χ1v) is 10.1. The summed E-state index contributed by atoms with van der Waals surface area (Å²) in [6.45, 7) is 0.262. The summed E-state index contributed by atoms with van der Waals surface area (Å²) < 4.78 is 16.5. The van der Waals surface area contributed by atoms with E-state index in [4.69, 9.17) is 14.2 Å². The van der Waals surface area contributed by atoms with Gasteiger partial charge in [0.25, 0.3) is 5.91 Å². The molecule has 3 heterocycles. The van der Waals surface area contributed by atoms with Gasteiger partial charge in [-0.05, 0) is 29.8 Å². The van der Waals surface area contributed by atoms with Crippen molar-refractivity contribution in [3.05, 3.63) is 60.0 Å². The van der Waals surface area contributed by atoms with Crippen molar-refractivity contribution in [2.75, 3.05) is 26.2 Å². The van der Waals surface area contributed by atoms with Gasteiger partial charge >= 0.3 is 6.01 Å². The van der Waals surface area contributed by atoms with Gasteiger partial charge in [0.2, 0.25) is 5.88 Å². The zero-order valence-electron chi connectivity index (χ0n) is 17.1. The Balaban J connectivity index is 1.78. The molecule has 158 valence electrons. The second-order valence-corrected chi connectivity index (χ2v) is 7.37. The summed E-state index contributed by atoms with van der Waals surface area (Å²) in [5.74, 6) is 0.581. The average molecular weight is 437 g/mol. The van der Waals surface area contributed by atoms with Gasteiger partial charge in [-0.1, -0.05) is 17.4 Å². The highest BCUT2D eigenvalue weighted by Gasteiger charge is 2.25. The van der Waals surface area contributed by atoms with Gasteiger partial charge in [0.15, 0.2) is 5.13 Å². The van der Waals surface area contributed by atoms with Crippen LogP contribution in [0.4, 0.5) is 5.13 Å². The Bertz CT molecular complexity index is 1190. The molecule has 9 nitrogen and oxygen atoms in total. The van der Waals surface area contributed by atoms with E-state index < -0.39 is 0 Å². The van der Waals surface area contributed by atoms with Crippen LogP contribution >= 0.6 is 11.3 Å². The maximum absolute atomic E-state index is 13.5. The van der Waals surface area contributed by atoms with Gasteiger partial charge in [0.1, 0.15) is 11.4 Å². The van der Waals surface area contributed by atoms with Gasteiger partial charge in [-0.3, -0.25) is 14.7 Å². The molecule has 4 rings (SSSR count). The van der Waals surface area contributed by atoms with Crippen molar-refractivity contribution in [2.24, 2.45) is 0 Å². The van der Waals surface area contributed by atoms with E-state index in [2.05, 4.69) is 19.9 Å². The molecule has 0 spiro atoms. The van der Waals surface area contributed by atoms with Gasteiger partial charge in [0, 0.05) is 18.5 Å². The number of pyridine rings is 1. The molecule has 31 heavy (non-hydrogen) atoms. The lowest BCUT2D eigenvalue weighted by molar-refractivity contribution is 0.0978. The van der Waals surface area contributed by atoms with Crippen molar-refractivity contribution in [2.45, 2.75) is 6.54 Å². The number of thiazole rings is 1. The minimum absolute atomic E-state index is 0.0399. The number of ether oxygens (including phenoxy) is 3. The summed E-state index contributed by atoms with van der Waals surface area (Å²) in [7, 11) is 4.50. The van der Waals surface area contributed by atoms with E-state index in [1.54, 1.807) is 24.4 Å². The molecule has 0 unspecified atom stereocenters. The molecule has 0 saturated carbocycles. The largest absolute Gasteiger partial charge is 0.497 e. The summed E-state index contributed by atoms with van der Waals surface area (Å²) >= 11 is 1.38. The minimum atomic E-state index is -0.367. The third-order valence-corrected chi connectivity index (χ3v) is 5.46. The number of benzene rings is 1. The van der Waals surface area contributed by atoms with Crippen LogP contribution in [0.5, 0.6) is 17.6 Å². The quantitative estimate of drug-likeness (QED) is 0.434. The molecule has 0 aliphatic heterocycles. The third kappa shape index (κ3) is 4.38. The van der Waals surface area contributed by atoms with Crippen molar-refractivity contribution < 1.29 is 19.0 Å².